The number of fused-ring (bicyclic) bond motifs is 1. The minimum atomic E-state index is -5.08. The normalized spacial score (nSPS) is 12.7. The van der Waals surface area contributed by atoms with Crippen molar-refractivity contribution in [1.82, 2.24) is 4.98 Å². The Morgan fingerprint density at radius 1 is 1.17 bits per heavy atom. The lowest BCUT2D eigenvalue weighted by Crippen LogP contribution is -2.23. The van der Waals surface area contributed by atoms with E-state index in [0.717, 1.165) is 33.8 Å². The molecular weight excluding hydrogens is 522 g/mol. The van der Waals surface area contributed by atoms with E-state index in [9.17, 15) is 18.0 Å². The van der Waals surface area contributed by atoms with Crippen molar-refractivity contribution < 1.29 is 32.6 Å². The Morgan fingerprint density at radius 3 is 2.28 bits per heavy atom. The fourth-order valence-corrected chi connectivity index (χ4v) is 4.22. The second-order valence-electron chi connectivity index (χ2n) is 7.59. The van der Waals surface area contributed by atoms with Crippen molar-refractivity contribution in [2.24, 2.45) is 5.73 Å². The number of hydrogen-bond donors (Lipinski definition) is 2. The van der Waals surface area contributed by atoms with Crippen molar-refractivity contribution in [2.45, 2.75) is 26.2 Å². The van der Waals surface area contributed by atoms with Crippen LogP contribution < -0.4 is 15.4 Å². The Bertz CT molecular complexity index is 1320. The van der Waals surface area contributed by atoms with Crippen LogP contribution in [0.15, 0.2) is 42.5 Å². The van der Waals surface area contributed by atoms with Crippen LogP contribution in [-0.4, -0.2) is 35.3 Å². The molecule has 0 radical (unpaired) electrons. The van der Waals surface area contributed by atoms with Crippen LogP contribution in [0.4, 0.5) is 18.9 Å². The van der Waals surface area contributed by atoms with Gasteiger partial charge >= 0.3 is 12.1 Å². The first-order chi connectivity index (χ1) is 16.9. The summed E-state index contributed by atoms with van der Waals surface area (Å²) in [5.74, 6) is -2.16. The number of carbonyl (C=O) groups is 2. The molecular formula is C24H20Cl2F3N3O4. The topological polar surface area (TPSA) is 106 Å². The smallest absolute Gasteiger partial charge is 0.490 e. The first-order valence-corrected chi connectivity index (χ1v) is 11.1. The highest BCUT2D eigenvalue weighted by Gasteiger charge is 2.38. The maximum Gasteiger partial charge on any atom is 0.490 e. The van der Waals surface area contributed by atoms with Gasteiger partial charge < -0.3 is 20.5 Å². The Hall–Kier alpha value is -3.34. The number of nitrogens with zero attached hydrogens (tertiary/aromatic N) is 2. The van der Waals surface area contributed by atoms with E-state index in [-0.39, 0.29) is 12.5 Å². The number of aryl methyl sites for hydroxylation is 1. The molecule has 2 aromatic carbocycles. The number of halogens is 5. The van der Waals surface area contributed by atoms with Crippen molar-refractivity contribution in [2.75, 3.05) is 12.0 Å². The van der Waals surface area contributed by atoms with Crippen molar-refractivity contribution in [3.05, 3.63) is 75.0 Å². The van der Waals surface area contributed by atoms with E-state index < -0.39 is 12.1 Å². The van der Waals surface area contributed by atoms with Gasteiger partial charge in [-0.15, -0.1) is 0 Å². The molecule has 0 fully saturated rings. The number of nitrogens with two attached hydrogens (primary N) is 1. The molecule has 1 amide bonds. The first kappa shape index (κ1) is 27.3. The molecule has 0 bridgehead atoms. The van der Waals surface area contributed by atoms with Gasteiger partial charge in [-0.25, -0.2) is 4.79 Å². The maximum atomic E-state index is 13.4. The number of carboxylic acid groups (broad SMARTS) is 1. The maximum absolute atomic E-state index is 13.4. The van der Waals surface area contributed by atoms with Gasteiger partial charge in [0.15, 0.2) is 0 Å². The lowest BCUT2D eigenvalue weighted by Gasteiger charge is -2.17. The van der Waals surface area contributed by atoms with E-state index in [1.54, 1.807) is 24.1 Å². The molecule has 2 heterocycles. The first-order valence-electron chi connectivity index (χ1n) is 10.3. The highest BCUT2D eigenvalue weighted by molar-refractivity contribution is 6.36. The number of alkyl halides is 3. The summed E-state index contributed by atoms with van der Waals surface area (Å²) in [6.07, 6.45) is -5.08. The fraction of sp³-hybridized carbons (Fsp3) is 0.208. The lowest BCUT2D eigenvalue weighted by atomic mass is 9.93. The summed E-state index contributed by atoms with van der Waals surface area (Å²) in [5.41, 5.74) is 11.1. The number of carboxylic acids is 1. The number of benzene rings is 2. The minimum absolute atomic E-state index is 0.131. The molecule has 0 atom stereocenters. The second-order valence-corrected chi connectivity index (χ2v) is 8.44. The van der Waals surface area contributed by atoms with Crippen LogP contribution in [0.2, 0.25) is 10.0 Å². The Morgan fingerprint density at radius 2 is 1.78 bits per heavy atom. The Balaban J connectivity index is 0.000000454. The van der Waals surface area contributed by atoms with Gasteiger partial charge in [-0.05, 0) is 48.9 Å². The number of rotatable bonds is 4. The van der Waals surface area contributed by atoms with Gasteiger partial charge in [0.05, 0.1) is 24.9 Å². The van der Waals surface area contributed by atoms with Crippen molar-refractivity contribution in [3.63, 3.8) is 0 Å². The van der Waals surface area contributed by atoms with Crippen molar-refractivity contribution in [1.29, 1.82) is 0 Å². The summed E-state index contributed by atoms with van der Waals surface area (Å²) in [6.45, 7) is 2.52. The number of aromatic nitrogens is 1. The molecule has 190 valence electrons. The monoisotopic (exact) mass is 541 g/mol. The number of methoxy groups -OCH3 is 1. The zero-order chi connectivity index (χ0) is 26.8. The van der Waals surface area contributed by atoms with E-state index in [2.05, 4.69) is 4.98 Å². The van der Waals surface area contributed by atoms with Crippen LogP contribution >= 0.6 is 23.2 Å². The third kappa shape index (κ3) is 5.56. The number of amides is 1. The van der Waals surface area contributed by atoms with Gasteiger partial charge in [0.1, 0.15) is 5.75 Å². The summed E-state index contributed by atoms with van der Waals surface area (Å²) in [5, 5.41) is 8.12. The van der Waals surface area contributed by atoms with Gasteiger partial charge in [-0.2, -0.15) is 13.2 Å². The number of aliphatic carboxylic acids is 1. The van der Waals surface area contributed by atoms with E-state index >= 15 is 0 Å². The SMILES string of the molecule is COc1ccc(N2Cc3nc(C)c(CN)c(-c4ccc(Cl)cc4Cl)c3C2=O)cc1.O=C(O)C(F)(F)F. The molecule has 0 saturated heterocycles. The predicted octanol–water partition coefficient (Wildman–Crippen LogP) is 5.62. The number of pyridine rings is 1. The van der Waals surface area contributed by atoms with Gasteiger partial charge in [0, 0.05) is 39.1 Å². The van der Waals surface area contributed by atoms with Crippen molar-refractivity contribution >= 4 is 40.8 Å². The van der Waals surface area contributed by atoms with Gasteiger partial charge in [-0.1, -0.05) is 29.3 Å². The Kier molecular flexibility index (Phi) is 8.12. The number of carbonyl (C=O) groups excluding carboxylic acids is 1. The quantitative estimate of drug-likeness (QED) is 0.443. The molecule has 3 N–H and O–H groups in total. The molecule has 12 heteroatoms. The molecule has 1 aliphatic heterocycles. The summed E-state index contributed by atoms with van der Waals surface area (Å²) in [6, 6.07) is 12.6. The van der Waals surface area contributed by atoms with Gasteiger partial charge in [-0.3, -0.25) is 9.78 Å². The largest absolute Gasteiger partial charge is 0.497 e. The molecule has 7 nitrogen and oxygen atoms in total. The van der Waals surface area contributed by atoms with Crippen LogP contribution in [0.5, 0.6) is 5.75 Å². The molecule has 4 rings (SSSR count). The number of ether oxygens (including phenoxy) is 1. The molecule has 1 aromatic heterocycles. The van der Waals surface area contributed by atoms with Crippen LogP contribution in [0.3, 0.4) is 0 Å². The third-order valence-electron chi connectivity index (χ3n) is 5.38. The van der Waals surface area contributed by atoms with Gasteiger partial charge in [0.2, 0.25) is 0 Å². The number of hydrogen-bond acceptors (Lipinski definition) is 5. The van der Waals surface area contributed by atoms with Crippen LogP contribution in [0, 0.1) is 6.92 Å². The third-order valence-corrected chi connectivity index (χ3v) is 5.93. The average Bonchev–Trinajstić information content (AvgIpc) is 3.14. The molecule has 1 aliphatic rings. The highest BCUT2D eigenvalue weighted by atomic mass is 35.5. The minimum Gasteiger partial charge on any atom is -0.497 e. The summed E-state index contributed by atoms with van der Waals surface area (Å²) >= 11 is 12.6. The molecule has 36 heavy (non-hydrogen) atoms. The average molecular weight is 542 g/mol. The van der Waals surface area contributed by atoms with E-state index in [1.807, 2.05) is 37.3 Å². The molecule has 0 saturated carbocycles. The molecule has 0 spiro atoms. The standard InChI is InChI=1S/C22H19Cl2N3O2.C2HF3O2/c1-12-17(10-25)20(16-8-3-13(23)9-18(16)24)21-19(26-12)11-27(22(21)28)14-4-6-15(29-2)7-5-14;3-2(4,5)1(6)7/h3-9H,10-11,25H2,1-2H3;(H,6,7). The zero-order valence-corrected chi connectivity index (χ0v) is 20.5. The van der Waals surface area contributed by atoms with Crippen LogP contribution in [-0.2, 0) is 17.9 Å². The van der Waals surface area contributed by atoms with Crippen LogP contribution in [0.1, 0.15) is 27.3 Å². The van der Waals surface area contributed by atoms with Crippen LogP contribution in [0.25, 0.3) is 11.1 Å². The molecule has 3 aromatic rings. The second kappa shape index (κ2) is 10.7. The van der Waals surface area contributed by atoms with E-state index in [4.69, 9.17) is 43.6 Å². The van der Waals surface area contributed by atoms with Gasteiger partial charge in [0.25, 0.3) is 5.91 Å². The summed E-state index contributed by atoms with van der Waals surface area (Å²) in [7, 11) is 1.61. The highest BCUT2D eigenvalue weighted by Crippen LogP contribution is 2.41. The fourth-order valence-electron chi connectivity index (χ4n) is 3.71. The predicted molar refractivity (Wildman–Crippen MR) is 130 cm³/mol. The summed E-state index contributed by atoms with van der Waals surface area (Å²) in [4.78, 5) is 28.7. The molecule has 0 unspecified atom stereocenters. The van der Waals surface area contributed by atoms with E-state index in [0.29, 0.717) is 27.8 Å². The molecule has 0 aliphatic carbocycles. The van der Waals surface area contributed by atoms with Crippen molar-refractivity contribution in [3.8, 4) is 16.9 Å². The zero-order valence-electron chi connectivity index (χ0n) is 19.0. The number of anilines is 1. The Labute approximate surface area is 214 Å². The lowest BCUT2D eigenvalue weighted by molar-refractivity contribution is -0.192. The van der Waals surface area contributed by atoms with E-state index in [1.165, 1.54) is 0 Å². The summed E-state index contributed by atoms with van der Waals surface area (Å²) < 4.78 is 36.9.